The summed E-state index contributed by atoms with van der Waals surface area (Å²) in [6.07, 6.45) is 0.689. The molecule has 17 heavy (non-hydrogen) atoms. The fourth-order valence-electron chi connectivity index (χ4n) is 2.22. The maximum atomic E-state index is 11.5. The number of nitrogens with zero attached hydrogens (tertiary/aromatic N) is 1. The number of fused-ring (bicyclic) bond motifs is 1. The van der Waals surface area contributed by atoms with Gasteiger partial charge in [-0.05, 0) is 29.0 Å². The predicted octanol–water partition coefficient (Wildman–Crippen LogP) is 2.93. The summed E-state index contributed by atoms with van der Waals surface area (Å²) in [5.74, 6) is 0.555. The molecule has 2 rings (SSSR count). The first-order valence-corrected chi connectivity index (χ1v) is 6.06. The monoisotopic (exact) mass is 233 g/mol. The molecule has 0 aromatic heterocycles. The Bertz CT molecular complexity index is 426. The van der Waals surface area contributed by atoms with Crippen LogP contribution in [-0.4, -0.2) is 24.6 Å². The lowest BCUT2D eigenvalue weighted by molar-refractivity contribution is 0.118. The molecule has 1 aliphatic heterocycles. The van der Waals surface area contributed by atoms with Crippen LogP contribution in [0.1, 0.15) is 36.5 Å². The fraction of sp³-hybridized carbons (Fsp3) is 0.500. The van der Waals surface area contributed by atoms with Crippen molar-refractivity contribution in [3.8, 4) is 0 Å². The molecule has 0 spiro atoms. The SMILES string of the molecule is COC(=O)N1CCc2cc(C(C)C)ccc2C1. The Hall–Kier alpha value is -1.51. The average molecular weight is 233 g/mol. The van der Waals surface area contributed by atoms with Crippen LogP contribution in [0.5, 0.6) is 0 Å². The summed E-state index contributed by atoms with van der Waals surface area (Å²) in [5, 5.41) is 0. The highest BCUT2D eigenvalue weighted by Gasteiger charge is 2.21. The third kappa shape index (κ3) is 2.43. The van der Waals surface area contributed by atoms with Crippen LogP contribution in [0.3, 0.4) is 0 Å². The van der Waals surface area contributed by atoms with Gasteiger partial charge < -0.3 is 9.64 Å². The lowest BCUT2D eigenvalue weighted by atomic mass is 9.93. The minimum Gasteiger partial charge on any atom is -0.453 e. The van der Waals surface area contributed by atoms with E-state index in [-0.39, 0.29) is 6.09 Å². The summed E-state index contributed by atoms with van der Waals surface area (Å²) in [7, 11) is 1.43. The zero-order valence-corrected chi connectivity index (χ0v) is 10.7. The third-order valence-electron chi connectivity index (χ3n) is 3.34. The van der Waals surface area contributed by atoms with Crippen LogP contribution in [-0.2, 0) is 17.7 Å². The molecule has 0 atom stereocenters. The zero-order chi connectivity index (χ0) is 12.4. The van der Waals surface area contributed by atoms with E-state index in [1.54, 1.807) is 4.90 Å². The molecule has 0 unspecified atom stereocenters. The molecule has 1 heterocycles. The van der Waals surface area contributed by atoms with Gasteiger partial charge in [-0.3, -0.25) is 0 Å². The maximum absolute atomic E-state index is 11.5. The van der Waals surface area contributed by atoms with E-state index in [1.807, 2.05) is 0 Å². The summed E-state index contributed by atoms with van der Waals surface area (Å²) < 4.78 is 4.75. The van der Waals surface area contributed by atoms with Crippen LogP contribution in [0.25, 0.3) is 0 Å². The van der Waals surface area contributed by atoms with E-state index < -0.39 is 0 Å². The van der Waals surface area contributed by atoms with E-state index in [9.17, 15) is 4.79 Å². The molecule has 1 aromatic rings. The van der Waals surface area contributed by atoms with Crippen LogP contribution in [0, 0.1) is 0 Å². The largest absolute Gasteiger partial charge is 0.453 e. The number of methoxy groups -OCH3 is 1. The van der Waals surface area contributed by atoms with Gasteiger partial charge in [-0.2, -0.15) is 0 Å². The van der Waals surface area contributed by atoms with Gasteiger partial charge in [0.2, 0.25) is 0 Å². The highest BCUT2D eigenvalue weighted by atomic mass is 16.5. The Balaban J connectivity index is 2.20. The number of hydrogen-bond donors (Lipinski definition) is 0. The molecule has 0 N–H and O–H groups in total. The number of carbonyl (C=O) groups is 1. The summed E-state index contributed by atoms with van der Waals surface area (Å²) in [6.45, 7) is 5.82. The Kier molecular flexibility index (Phi) is 3.36. The smallest absolute Gasteiger partial charge is 0.409 e. The van der Waals surface area contributed by atoms with Crippen LogP contribution in [0.2, 0.25) is 0 Å². The van der Waals surface area contributed by atoms with Gasteiger partial charge in [0.1, 0.15) is 0 Å². The molecular formula is C14H19NO2. The Morgan fingerprint density at radius 3 is 2.76 bits per heavy atom. The van der Waals surface area contributed by atoms with Gasteiger partial charge in [0, 0.05) is 13.1 Å². The van der Waals surface area contributed by atoms with E-state index in [0.29, 0.717) is 12.5 Å². The van der Waals surface area contributed by atoms with Gasteiger partial charge in [0.05, 0.1) is 7.11 Å². The van der Waals surface area contributed by atoms with E-state index in [0.717, 1.165) is 13.0 Å². The number of carbonyl (C=O) groups excluding carboxylic acids is 1. The highest BCUT2D eigenvalue weighted by molar-refractivity contribution is 5.68. The molecule has 0 bridgehead atoms. The Labute approximate surface area is 102 Å². The van der Waals surface area contributed by atoms with Crippen molar-refractivity contribution in [2.45, 2.75) is 32.7 Å². The maximum Gasteiger partial charge on any atom is 0.409 e. The van der Waals surface area contributed by atoms with Crippen LogP contribution < -0.4 is 0 Å². The first kappa shape index (κ1) is 12.0. The van der Waals surface area contributed by atoms with Crippen molar-refractivity contribution in [1.82, 2.24) is 4.90 Å². The zero-order valence-electron chi connectivity index (χ0n) is 10.7. The summed E-state index contributed by atoms with van der Waals surface area (Å²) in [6, 6.07) is 6.57. The topological polar surface area (TPSA) is 29.5 Å². The second-order valence-electron chi connectivity index (χ2n) is 4.82. The van der Waals surface area contributed by atoms with Gasteiger partial charge in [0.15, 0.2) is 0 Å². The number of rotatable bonds is 1. The first-order chi connectivity index (χ1) is 8.11. The molecule has 1 aromatic carbocycles. The normalized spacial score (nSPS) is 14.7. The van der Waals surface area contributed by atoms with E-state index in [2.05, 4.69) is 32.0 Å². The van der Waals surface area contributed by atoms with Crippen molar-refractivity contribution in [2.24, 2.45) is 0 Å². The second-order valence-corrected chi connectivity index (χ2v) is 4.82. The molecule has 92 valence electrons. The lowest BCUT2D eigenvalue weighted by Crippen LogP contribution is -2.35. The summed E-state index contributed by atoms with van der Waals surface area (Å²) in [5.41, 5.74) is 3.98. The van der Waals surface area contributed by atoms with E-state index in [1.165, 1.54) is 23.8 Å². The molecule has 0 aliphatic carbocycles. The van der Waals surface area contributed by atoms with Crippen LogP contribution >= 0.6 is 0 Å². The van der Waals surface area contributed by atoms with Crippen molar-refractivity contribution in [1.29, 1.82) is 0 Å². The van der Waals surface area contributed by atoms with Crippen molar-refractivity contribution < 1.29 is 9.53 Å². The minimum absolute atomic E-state index is 0.233. The Morgan fingerprint density at radius 1 is 1.35 bits per heavy atom. The predicted molar refractivity (Wildman–Crippen MR) is 67.1 cm³/mol. The molecular weight excluding hydrogens is 214 g/mol. The number of amides is 1. The van der Waals surface area contributed by atoms with Gasteiger partial charge in [-0.15, -0.1) is 0 Å². The van der Waals surface area contributed by atoms with E-state index >= 15 is 0 Å². The van der Waals surface area contributed by atoms with Crippen LogP contribution in [0.15, 0.2) is 18.2 Å². The van der Waals surface area contributed by atoms with Gasteiger partial charge in [0.25, 0.3) is 0 Å². The van der Waals surface area contributed by atoms with Crippen molar-refractivity contribution >= 4 is 6.09 Å². The molecule has 3 heteroatoms. The lowest BCUT2D eigenvalue weighted by Gasteiger charge is -2.28. The molecule has 1 amide bonds. The van der Waals surface area contributed by atoms with Gasteiger partial charge >= 0.3 is 6.09 Å². The Morgan fingerprint density at radius 2 is 2.12 bits per heavy atom. The molecule has 0 saturated heterocycles. The second kappa shape index (κ2) is 4.78. The highest BCUT2D eigenvalue weighted by Crippen LogP contribution is 2.24. The van der Waals surface area contributed by atoms with Crippen molar-refractivity contribution in [2.75, 3.05) is 13.7 Å². The third-order valence-corrected chi connectivity index (χ3v) is 3.34. The molecule has 1 aliphatic rings. The quantitative estimate of drug-likeness (QED) is 0.746. The fourth-order valence-corrected chi connectivity index (χ4v) is 2.22. The molecule has 3 nitrogen and oxygen atoms in total. The van der Waals surface area contributed by atoms with Crippen molar-refractivity contribution in [3.05, 3.63) is 34.9 Å². The average Bonchev–Trinajstić information content (AvgIpc) is 2.36. The molecule has 0 radical (unpaired) electrons. The van der Waals surface area contributed by atoms with Crippen LogP contribution in [0.4, 0.5) is 4.79 Å². The first-order valence-electron chi connectivity index (χ1n) is 6.06. The van der Waals surface area contributed by atoms with Crippen molar-refractivity contribution in [3.63, 3.8) is 0 Å². The molecule has 0 fully saturated rings. The molecule has 0 saturated carbocycles. The number of ether oxygens (including phenoxy) is 1. The standard InChI is InChI=1S/C14H19NO2/c1-10(2)11-4-5-13-9-15(14(16)17-3)7-6-12(13)8-11/h4-5,8,10H,6-7,9H2,1-3H3. The number of hydrogen-bond acceptors (Lipinski definition) is 2. The summed E-state index contributed by atoms with van der Waals surface area (Å²) in [4.78, 5) is 13.2. The van der Waals surface area contributed by atoms with Gasteiger partial charge in [-0.25, -0.2) is 4.79 Å². The van der Waals surface area contributed by atoms with Gasteiger partial charge in [-0.1, -0.05) is 32.0 Å². The minimum atomic E-state index is -0.233. The summed E-state index contributed by atoms with van der Waals surface area (Å²) >= 11 is 0. The van der Waals surface area contributed by atoms with E-state index in [4.69, 9.17) is 4.74 Å². The number of benzene rings is 1.